The van der Waals surface area contributed by atoms with Crippen LogP contribution in [-0.4, -0.2) is 4.98 Å². The van der Waals surface area contributed by atoms with E-state index in [4.69, 9.17) is 11.6 Å². The Morgan fingerprint density at radius 3 is 2.45 bits per heavy atom. The number of halogens is 3. The lowest BCUT2D eigenvalue weighted by Gasteiger charge is -1.96. The molecule has 0 radical (unpaired) electrons. The highest BCUT2D eigenvalue weighted by molar-refractivity contribution is 6.30. The molecule has 0 bridgehead atoms. The molecule has 1 heterocycles. The van der Waals surface area contributed by atoms with Crippen molar-refractivity contribution in [2.75, 3.05) is 0 Å². The lowest BCUT2D eigenvalue weighted by Crippen LogP contribution is -1.87. The molecule has 2 nitrogen and oxygen atoms in total. The molecule has 0 aliphatic carbocycles. The Kier molecular flexibility index (Phi) is 3.92. The second kappa shape index (κ2) is 4.20. The van der Waals surface area contributed by atoms with E-state index in [2.05, 4.69) is 4.98 Å². The first-order valence-electron chi connectivity index (χ1n) is 2.60. The Balaban J connectivity index is 0.000001000. The van der Waals surface area contributed by atoms with Crippen molar-refractivity contribution in [1.29, 1.82) is 0 Å². The van der Waals surface area contributed by atoms with Gasteiger partial charge in [-0.1, -0.05) is 11.6 Å². The molecule has 3 N–H and O–H groups in total. The summed E-state index contributed by atoms with van der Waals surface area (Å²) in [6.07, 6.45) is -1.29. The summed E-state index contributed by atoms with van der Waals surface area (Å²) in [5.41, 5.74) is -0.285. The second-order valence-corrected chi connectivity index (χ2v) is 2.14. The summed E-state index contributed by atoms with van der Waals surface area (Å²) in [7, 11) is 0. The van der Waals surface area contributed by atoms with Crippen molar-refractivity contribution in [2.24, 2.45) is 0 Å². The van der Waals surface area contributed by atoms with E-state index >= 15 is 0 Å². The number of pyridine rings is 1. The highest BCUT2D eigenvalue weighted by Gasteiger charge is 2.07. The predicted octanol–water partition coefficient (Wildman–Crippen LogP) is 2.83. The van der Waals surface area contributed by atoms with Gasteiger partial charge in [0.1, 0.15) is 5.69 Å². The average molecular weight is 181 g/mol. The van der Waals surface area contributed by atoms with Crippen molar-refractivity contribution in [3.63, 3.8) is 0 Å². The monoisotopic (exact) mass is 180 g/mol. The molecule has 0 amide bonds. The molecule has 1 rings (SSSR count). The number of rotatable bonds is 1. The lowest BCUT2D eigenvalue weighted by atomic mass is 10.4. The maximum absolute atomic E-state index is 11.8. The van der Waals surface area contributed by atoms with Gasteiger partial charge in [0.15, 0.2) is 0 Å². The van der Waals surface area contributed by atoms with Crippen LogP contribution in [0.15, 0.2) is 18.3 Å². The first-order chi connectivity index (χ1) is 4.70. The maximum atomic E-state index is 11.8. The minimum Gasteiger partial charge on any atom is -0.344 e. The number of hydrogen-bond acceptors (Lipinski definition) is 2. The van der Waals surface area contributed by atoms with Crippen LogP contribution in [0.5, 0.6) is 0 Å². The van der Waals surface area contributed by atoms with Gasteiger partial charge in [0.2, 0.25) is 0 Å². The van der Waals surface area contributed by atoms with Gasteiger partial charge in [-0.2, -0.15) is 0 Å². The average Bonchev–Trinajstić information content (AvgIpc) is 1.88. The number of nitrogens with zero attached hydrogens (tertiary/aromatic N) is 1. The third-order valence-corrected chi connectivity index (χ3v) is 1.20. The van der Waals surface area contributed by atoms with Crippen LogP contribution < -0.4 is 6.15 Å². The van der Waals surface area contributed by atoms with Crippen molar-refractivity contribution < 1.29 is 8.78 Å². The molecule has 0 unspecified atom stereocenters. The van der Waals surface area contributed by atoms with E-state index in [1.165, 1.54) is 12.3 Å². The van der Waals surface area contributed by atoms with Crippen LogP contribution in [0.4, 0.5) is 8.78 Å². The summed E-state index contributed by atoms with van der Waals surface area (Å²) >= 11 is 5.42. The summed E-state index contributed by atoms with van der Waals surface area (Å²) in [5, 5.41) is 0.283. The van der Waals surface area contributed by atoms with Gasteiger partial charge in [-0.3, -0.25) is 4.98 Å². The zero-order valence-corrected chi connectivity index (χ0v) is 6.35. The summed E-state index contributed by atoms with van der Waals surface area (Å²) in [5.74, 6) is 0. The molecule has 1 aromatic rings. The van der Waals surface area contributed by atoms with Crippen molar-refractivity contribution in [1.82, 2.24) is 11.1 Å². The van der Waals surface area contributed by atoms with Crippen molar-refractivity contribution in [3.05, 3.63) is 29.0 Å². The fraction of sp³-hybridized carbons (Fsp3) is 0.167. The zero-order chi connectivity index (χ0) is 7.56. The highest BCUT2D eigenvalue weighted by atomic mass is 35.5. The van der Waals surface area contributed by atoms with E-state index in [9.17, 15) is 8.78 Å². The van der Waals surface area contributed by atoms with Gasteiger partial charge in [-0.25, -0.2) is 8.78 Å². The van der Waals surface area contributed by atoms with Crippen LogP contribution in [-0.2, 0) is 0 Å². The Bertz CT molecular complexity index is 230. The standard InChI is InChI=1S/C6H4ClF2N.H3N/c7-4-1-2-10-5(3-4)6(8)9;/h1-3,6H;1H3. The van der Waals surface area contributed by atoms with Crippen molar-refractivity contribution in [2.45, 2.75) is 6.43 Å². The van der Waals surface area contributed by atoms with E-state index in [0.717, 1.165) is 6.07 Å². The smallest absolute Gasteiger partial charge is 0.280 e. The number of aromatic nitrogens is 1. The Labute approximate surface area is 67.8 Å². The Morgan fingerprint density at radius 2 is 2.09 bits per heavy atom. The van der Waals surface area contributed by atoms with Gasteiger partial charge in [-0.15, -0.1) is 0 Å². The Hall–Kier alpha value is -0.740. The molecule has 5 heteroatoms. The van der Waals surface area contributed by atoms with E-state index < -0.39 is 6.43 Å². The van der Waals surface area contributed by atoms with Crippen LogP contribution in [0, 0.1) is 0 Å². The fourth-order valence-electron chi connectivity index (χ4n) is 0.541. The molecular weight excluding hydrogens is 174 g/mol. The lowest BCUT2D eigenvalue weighted by molar-refractivity contribution is 0.146. The maximum Gasteiger partial charge on any atom is 0.280 e. The van der Waals surface area contributed by atoms with Crippen LogP contribution in [0.25, 0.3) is 0 Å². The third-order valence-electron chi connectivity index (χ3n) is 0.967. The summed E-state index contributed by atoms with van der Waals surface area (Å²) in [4.78, 5) is 3.40. The first-order valence-corrected chi connectivity index (χ1v) is 2.97. The molecule has 0 aliphatic heterocycles. The van der Waals surface area contributed by atoms with Crippen LogP contribution in [0.1, 0.15) is 12.1 Å². The molecule has 0 aromatic carbocycles. The fourth-order valence-corrected chi connectivity index (χ4v) is 0.709. The minimum atomic E-state index is -2.54. The molecule has 0 spiro atoms. The largest absolute Gasteiger partial charge is 0.344 e. The SMILES string of the molecule is FC(F)c1cc(Cl)ccn1.N. The zero-order valence-electron chi connectivity index (χ0n) is 5.60. The summed E-state index contributed by atoms with van der Waals surface area (Å²) < 4.78 is 23.7. The predicted molar refractivity (Wildman–Crippen MR) is 39.2 cm³/mol. The topological polar surface area (TPSA) is 47.9 Å². The molecule has 11 heavy (non-hydrogen) atoms. The van der Waals surface area contributed by atoms with Crippen molar-refractivity contribution in [3.8, 4) is 0 Å². The molecule has 1 aromatic heterocycles. The molecule has 0 fully saturated rings. The molecular formula is C6H7ClF2N2. The molecule has 0 saturated heterocycles. The molecule has 0 saturated carbocycles. The van der Waals surface area contributed by atoms with Gasteiger partial charge in [-0.05, 0) is 12.1 Å². The van der Waals surface area contributed by atoms with Gasteiger partial charge < -0.3 is 6.15 Å². The minimum absolute atomic E-state index is 0. The quantitative estimate of drug-likeness (QED) is 0.723. The number of alkyl halides is 2. The van der Waals surface area contributed by atoms with Gasteiger partial charge >= 0.3 is 0 Å². The normalized spacial score (nSPS) is 9.45. The Morgan fingerprint density at radius 1 is 1.45 bits per heavy atom. The van der Waals surface area contributed by atoms with Gasteiger partial charge in [0, 0.05) is 11.2 Å². The number of hydrogen-bond donors (Lipinski definition) is 1. The van der Waals surface area contributed by atoms with Crippen LogP contribution >= 0.6 is 11.6 Å². The van der Waals surface area contributed by atoms with Crippen molar-refractivity contribution >= 4 is 11.6 Å². The van der Waals surface area contributed by atoms with E-state index in [0.29, 0.717) is 0 Å². The van der Waals surface area contributed by atoms with E-state index in [-0.39, 0.29) is 16.9 Å². The third kappa shape index (κ3) is 2.78. The van der Waals surface area contributed by atoms with Gasteiger partial charge in [0.25, 0.3) is 6.43 Å². The molecule has 62 valence electrons. The first kappa shape index (κ1) is 10.3. The van der Waals surface area contributed by atoms with Crippen LogP contribution in [0.2, 0.25) is 5.02 Å². The molecule has 0 aliphatic rings. The van der Waals surface area contributed by atoms with E-state index in [1.54, 1.807) is 0 Å². The van der Waals surface area contributed by atoms with Gasteiger partial charge in [0.05, 0.1) is 0 Å². The summed E-state index contributed by atoms with van der Waals surface area (Å²) in [6.45, 7) is 0. The van der Waals surface area contributed by atoms with E-state index in [1.807, 2.05) is 0 Å². The second-order valence-electron chi connectivity index (χ2n) is 1.70. The highest BCUT2D eigenvalue weighted by Crippen LogP contribution is 2.18. The summed E-state index contributed by atoms with van der Waals surface area (Å²) in [6, 6.07) is 2.60. The van der Waals surface area contributed by atoms with Crippen LogP contribution in [0.3, 0.4) is 0 Å². The molecule has 0 atom stereocenters.